The maximum Gasteiger partial charge on any atom is 0.321 e. The van der Waals surface area contributed by atoms with Crippen LogP contribution in [0.4, 0.5) is 0 Å². The second kappa shape index (κ2) is 4.35. The highest BCUT2D eigenvalue weighted by atomic mass is 16.5. The molecule has 1 aromatic rings. The molecule has 1 aliphatic heterocycles. The van der Waals surface area contributed by atoms with Gasteiger partial charge in [-0.3, -0.25) is 9.69 Å². The molecule has 98 valence electrons. The summed E-state index contributed by atoms with van der Waals surface area (Å²) in [6.45, 7) is 3.05. The number of hydrogen-bond acceptors (Lipinski definition) is 5. The Kier molecular flexibility index (Phi) is 2.81. The number of fused-ring (bicyclic) bond motifs is 1. The molecular formula is C12H17N3O3. The molecule has 2 heterocycles. The number of carboxylic acids is 1. The predicted molar refractivity (Wildman–Crippen MR) is 61.7 cm³/mol. The van der Waals surface area contributed by atoms with Crippen molar-refractivity contribution >= 4 is 5.97 Å². The molecule has 1 aromatic heterocycles. The van der Waals surface area contributed by atoms with Crippen molar-refractivity contribution in [1.82, 2.24) is 15.0 Å². The van der Waals surface area contributed by atoms with Crippen LogP contribution in [0.5, 0.6) is 0 Å². The second-order valence-corrected chi connectivity index (χ2v) is 5.30. The van der Waals surface area contributed by atoms with E-state index in [0.29, 0.717) is 30.1 Å². The molecule has 3 unspecified atom stereocenters. The van der Waals surface area contributed by atoms with Gasteiger partial charge in [-0.2, -0.15) is 4.98 Å². The Morgan fingerprint density at radius 2 is 2.39 bits per heavy atom. The van der Waals surface area contributed by atoms with Gasteiger partial charge in [0.2, 0.25) is 5.89 Å². The summed E-state index contributed by atoms with van der Waals surface area (Å²) in [6.07, 6.45) is 3.33. The Morgan fingerprint density at radius 3 is 3.06 bits per heavy atom. The molecule has 18 heavy (non-hydrogen) atoms. The molecule has 3 atom stereocenters. The molecular weight excluding hydrogens is 234 g/mol. The van der Waals surface area contributed by atoms with Gasteiger partial charge in [-0.05, 0) is 31.6 Å². The van der Waals surface area contributed by atoms with Gasteiger partial charge in [-0.15, -0.1) is 0 Å². The largest absolute Gasteiger partial charge is 0.480 e. The van der Waals surface area contributed by atoms with Gasteiger partial charge in [0, 0.05) is 6.54 Å². The van der Waals surface area contributed by atoms with Gasteiger partial charge in [0.1, 0.15) is 6.04 Å². The van der Waals surface area contributed by atoms with Gasteiger partial charge >= 0.3 is 5.97 Å². The predicted octanol–water partition coefficient (Wildman–Crippen LogP) is 1.06. The van der Waals surface area contributed by atoms with E-state index >= 15 is 0 Å². The highest BCUT2D eigenvalue weighted by Gasteiger charge is 2.47. The number of aliphatic carboxylic acids is 1. The van der Waals surface area contributed by atoms with Crippen molar-refractivity contribution in [2.24, 2.45) is 11.8 Å². The number of nitrogens with zero attached hydrogens (tertiary/aromatic N) is 3. The summed E-state index contributed by atoms with van der Waals surface area (Å²) < 4.78 is 5.08. The number of carboxylic acid groups (broad SMARTS) is 1. The Balaban J connectivity index is 1.77. The first kappa shape index (κ1) is 11.6. The first-order valence-corrected chi connectivity index (χ1v) is 6.41. The maximum atomic E-state index is 11.4. The van der Waals surface area contributed by atoms with E-state index in [2.05, 4.69) is 10.1 Å². The van der Waals surface area contributed by atoms with E-state index in [-0.39, 0.29) is 6.04 Å². The van der Waals surface area contributed by atoms with Gasteiger partial charge in [0.05, 0.1) is 6.54 Å². The van der Waals surface area contributed by atoms with Gasteiger partial charge < -0.3 is 9.63 Å². The summed E-state index contributed by atoms with van der Waals surface area (Å²) in [5.74, 6) is 1.21. The lowest BCUT2D eigenvalue weighted by Crippen LogP contribution is -2.39. The summed E-state index contributed by atoms with van der Waals surface area (Å²) in [5.41, 5.74) is 0. The molecule has 1 saturated heterocycles. The molecule has 0 aromatic carbocycles. The van der Waals surface area contributed by atoms with Crippen LogP contribution in [0.1, 0.15) is 31.0 Å². The first-order chi connectivity index (χ1) is 8.65. The summed E-state index contributed by atoms with van der Waals surface area (Å²) in [5, 5.41) is 13.1. The Morgan fingerprint density at radius 1 is 1.56 bits per heavy atom. The molecule has 0 radical (unpaired) electrons. The molecule has 6 nitrogen and oxygen atoms in total. The fourth-order valence-corrected chi connectivity index (χ4v) is 3.47. The van der Waals surface area contributed by atoms with Crippen molar-refractivity contribution in [3.8, 4) is 0 Å². The van der Waals surface area contributed by atoms with Crippen molar-refractivity contribution in [2.75, 3.05) is 6.54 Å². The van der Waals surface area contributed by atoms with Crippen molar-refractivity contribution in [1.29, 1.82) is 0 Å². The third kappa shape index (κ3) is 1.90. The number of carbonyl (C=O) groups is 1. The van der Waals surface area contributed by atoms with Crippen LogP contribution in [0.15, 0.2) is 4.52 Å². The van der Waals surface area contributed by atoms with Crippen LogP contribution in [0.25, 0.3) is 0 Å². The highest BCUT2D eigenvalue weighted by Crippen LogP contribution is 2.42. The molecule has 1 saturated carbocycles. The fraction of sp³-hybridized carbons (Fsp3) is 0.750. The standard InChI is InChI=1S/C12H17N3O3/c1-7-13-10(18-14-7)6-15-5-8-3-2-4-9(8)11(15)12(16)17/h8-9,11H,2-6H2,1H3,(H,16,17). The van der Waals surface area contributed by atoms with Crippen LogP contribution in [0.3, 0.4) is 0 Å². The zero-order chi connectivity index (χ0) is 12.7. The lowest BCUT2D eigenvalue weighted by atomic mass is 9.94. The monoisotopic (exact) mass is 251 g/mol. The van der Waals surface area contributed by atoms with Crippen LogP contribution in [0, 0.1) is 18.8 Å². The van der Waals surface area contributed by atoms with Gasteiger partial charge in [0.25, 0.3) is 0 Å². The number of hydrogen-bond donors (Lipinski definition) is 1. The molecule has 1 aliphatic carbocycles. The minimum absolute atomic E-state index is 0.298. The SMILES string of the molecule is Cc1noc(CN2CC3CCCC3C2C(=O)O)n1. The van der Waals surface area contributed by atoms with E-state index in [1.165, 1.54) is 0 Å². The van der Waals surface area contributed by atoms with Crippen molar-refractivity contribution in [2.45, 2.75) is 38.8 Å². The molecule has 2 fully saturated rings. The summed E-state index contributed by atoms with van der Waals surface area (Å²) in [4.78, 5) is 17.6. The van der Waals surface area contributed by atoms with E-state index < -0.39 is 5.97 Å². The first-order valence-electron chi connectivity index (χ1n) is 6.41. The van der Waals surface area contributed by atoms with Crippen molar-refractivity contribution in [3.63, 3.8) is 0 Å². The lowest BCUT2D eigenvalue weighted by molar-refractivity contribution is -0.143. The van der Waals surface area contributed by atoms with Crippen molar-refractivity contribution < 1.29 is 14.4 Å². The Labute approximate surface area is 105 Å². The van der Waals surface area contributed by atoms with Crippen LogP contribution < -0.4 is 0 Å². The average Bonchev–Trinajstić information content (AvgIpc) is 2.93. The molecule has 0 bridgehead atoms. The second-order valence-electron chi connectivity index (χ2n) is 5.30. The normalized spacial score (nSPS) is 31.7. The van der Waals surface area contributed by atoms with Crippen LogP contribution >= 0.6 is 0 Å². The van der Waals surface area contributed by atoms with E-state index in [0.717, 1.165) is 25.8 Å². The van der Waals surface area contributed by atoms with E-state index in [4.69, 9.17) is 4.52 Å². The van der Waals surface area contributed by atoms with Gasteiger partial charge in [-0.1, -0.05) is 11.6 Å². The minimum atomic E-state index is -0.722. The third-order valence-electron chi connectivity index (χ3n) is 4.15. The summed E-state index contributed by atoms with van der Waals surface area (Å²) in [6, 6.07) is -0.385. The number of likely N-dealkylation sites (tertiary alicyclic amines) is 1. The smallest absolute Gasteiger partial charge is 0.321 e. The quantitative estimate of drug-likeness (QED) is 0.865. The van der Waals surface area contributed by atoms with E-state index in [9.17, 15) is 9.90 Å². The van der Waals surface area contributed by atoms with Crippen molar-refractivity contribution in [3.05, 3.63) is 11.7 Å². The van der Waals surface area contributed by atoms with Gasteiger partial charge in [0.15, 0.2) is 5.82 Å². The number of aromatic nitrogens is 2. The number of rotatable bonds is 3. The lowest BCUT2D eigenvalue weighted by Gasteiger charge is -2.22. The molecule has 3 rings (SSSR count). The average molecular weight is 251 g/mol. The maximum absolute atomic E-state index is 11.4. The summed E-state index contributed by atoms with van der Waals surface area (Å²) >= 11 is 0. The fourth-order valence-electron chi connectivity index (χ4n) is 3.47. The molecule has 0 amide bonds. The van der Waals surface area contributed by atoms with Crippen LogP contribution in [0.2, 0.25) is 0 Å². The minimum Gasteiger partial charge on any atom is -0.480 e. The highest BCUT2D eigenvalue weighted by molar-refractivity contribution is 5.74. The van der Waals surface area contributed by atoms with Crippen LogP contribution in [-0.2, 0) is 11.3 Å². The number of aryl methyl sites for hydroxylation is 1. The topological polar surface area (TPSA) is 79.5 Å². The molecule has 2 aliphatic rings. The Bertz CT molecular complexity index is 459. The van der Waals surface area contributed by atoms with Crippen LogP contribution in [-0.4, -0.2) is 38.7 Å². The van der Waals surface area contributed by atoms with E-state index in [1.54, 1.807) is 6.92 Å². The summed E-state index contributed by atoms with van der Waals surface area (Å²) in [7, 11) is 0. The zero-order valence-electron chi connectivity index (χ0n) is 10.4. The van der Waals surface area contributed by atoms with E-state index in [1.807, 2.05) is 4.90 Å². The third-order valence-corrected chi connectivity index (χ3v) is 4.15. The zero-order valence-corrected chi connectivity index (χ0v) is 10.4. The van der Waals surface area contributed by atoms with Gasteiger partial charge in [-0.25, -0.2) is 0 Å². The molecule has 0 spiro atoms. The Hall–Kier alpha value is -1.43. The molecule has 1 N–H and O–H groups in total. The molecule has 6 heteroatoms.